The van der Waals surface area contributed by atoms with Crippen molar-refractivity contribution >= 4 is 9.84 Å². The predicted octanol–water partition coefficient (Wildman–Crippen LogP) is 2.30. The fraction of sp³-hybridized carbons (Fsp3) is 0.538. The average Bonchev–Trinajstić information content (AvgIpc) is 2.29. The summed E-state index contributed by atoms with van der Waals surface area (Å²) >= 11 is 0. The summed E-state index contributed by atoms with van der Waals surface area (Å²) in [5, 5.41) is 3.20. The SMILES string of the molecule is CCS(=O)(=O)CC(C)NC(C)c1ccc(F)cc1. The van der Waals surface area contributed by atoms with Gasteiger partial charge in [-0.3, -0.25) is 0 Å². The standard InChI is InChI=1S/C13H20FNO2S/c1-4-18(16,17)9-10(2)15-11(3)12-5-7-13(14)8-6-12/h5-8,10-11,15H,4,9H2,1-3H3. The molecule has 0 heterocycles. The summed E-state index contributed by atoms with van der Waals surface area (Å²) in [4.78, 5) is 0. The molecule has 0 radical (unpaired) electrons. The van der Waals surface area contributed by atoms with Gasteiger partial charge in [0.05, 0.1) is 5.75 Å². The molecule has 1 rings (SSSR count). The Labute approximate surface area is 108 Å². The van der Waals surface area contributed by atoms with Crippen molar-refractivity contribution in [3.05, 3.63) is 35.6 Å². The van der Waals surface area contributed by atoms with Gasteiger partial charge in [0.2, 0.25) is 0 Å². The molecule has 102 valence electrons. The first-order valence-corrected chi connectivity index (χ1v) is 7.88. The molecular weight excluding hydrogens is 253 g/mol. The van der Waals surface area contributed by atoms with Crippen LogP contribution in [-0.2, 0) is 9.84 Å². The smallest absolute Gasteiger partial charge is 0.151 e. The highest BCUT2D eigenvalue weighted by Gasteiger charge is 2.16. The number of rotatable bonds is 6. The second-order valence-electron chi connectivity index (χ2n) is 4.54. The van der Waals surface area contributed by atoms with Crippen LogP contribution in [0.1, 0.15) is 32.4 Å². The lowest BCUT2D eigenvalue weighted by Gasteiger charge is -2.20. The number of halogens is 1. The molecule has 1 aromatic carbocycles. The first kappa shape index (κ1) is 15.1. The third kappa shape index (κ3) is 4.74. The van der Waals surface area contributed by atoms with E-state index in [1.165, 1.54) is 12.1 Å². The minimum absolute atomic E-state index is 0.00680. The van der Waals surface area contributed by atoms with Crippen LogP contribution in [0.15, 0.2) is 24.3 Å². The van der Waals surface area contributed by atoms with E-state index in [9.17, 15) is 12.8 Å². The van der Waals surface area contributed by atoms with Gasteiger partial charge in [-0.2, -0.15) is 0 Å². The first-order valence-electron chi connectivity index (χ1n) is 6.06. The van der Waals surface area contributed by atoms with Crippen molar-refractivity contribution in [2.45, 2.75) is 32.9 Å². The molecule has 0 aliphatic heterocycles. The van der Waals surface area contributed by atoms with E-state index in [0.29, 0.717) is 0 Å². The number of sulfone groups is 1. The van der Waals surface area contributed by atoms with Crippen LogP contribution < -0.4 is 5.32 Å². The molecule has 2 atom stereocenters. The van der Waals surface area contributed by atoms with Crippen LogP contribution in [0.2, 0.25) is 0 Å². The zero-order valence-electron chi connectivity index (χ0n) is 11.0. The molecule has 1 aromatic rings. The molecule has 0 saturated carbocycles. The number of benzene rings is 1. The van der Waals surface area contributed by atoms with Crippen molar-refractivity contribution < 1.29 is 12.8 Å². The molecule has 5 heteroatoms. The third-order valence-corrected chi connectivity index (χ3v) is 4.74. The van der Waals surface area contributed by atoms with Crippen molar-refractivity contribution in [2.75, 3.05) is 11.5 Å². The quantitative estimate of drug-likeness (QED) is 0.865. The molecule has 1 N–H and O–H groups in total. The van der Waals surface area contributed by atoms with Gasteiger partial charge in [0.15, 0.2) is 9.84 Å². The molecule has 2 unspecified atom stereocenters. The Morgan fingerprint density at radius 1 is 1.22 bits per heavy atom. The van der Waals surface area contributed by atoms with Gasteiger partial charge in [-0.05, 0) is 31.5 Å². The summed E-state index contributed by atoms with van der Waals surface area (Å²) in [6, 6.07) is 6.08. The summed E-state index contributed by atoms with van der Waals surface area (Å²) < 4.78 is 35.7. The van der Waals surface area contributed by atoms with Gasteiger partial charge >= 0.3 is 0 Å². The Balaban J connectivity index is 2.59. The zero-order chi connectivity index (χ0) is 13.8. The second-order valence-corrected chi connectivity index (χ2v) is 6.94. The highest BCUT2D eigenvalue weighted by Crippen LogP contribution is 2.13. The molecule has 0 aliphatic carbocycles. The molecule has 0 saturated heterocycles. The number of nitrogens with one attached hydrogen (secondary N) is 1. The maximum absolute atomic E-state index is 12.8. The van der Waals surface area contributed by atoms with E-state index in [-0.39, 0.29) is 29.4 Å². The minimum atomic E-state index is -2.98. The lowest BCUT2D eigenvalue weighted by molar-refractivity contribution is 0.499. The molecule has 18 heavy (non-hydrogen) atoms. The van der Waals surface area contributed by atoms with Crippen molar-refractivity contribution in [2.24, 2.45) is 0 Å². The first-order chi connectivity index (χ1) is 8.34. The Bertz CT molecular complexity index is 470. The fourth-order valence-corrected chi connectivity index (χ4v) is 2.92. The Morgan fingerprint density at radius 2 is 1.78 bits per heavy atom. The van der Waals surface area contributed by atoms with Gasteiger partial charge in [-0.1, -0.05) is 19.1 Å². The van der Waals surface area contributed by atoms with E-state index in [0.717, 1.165) is 5.56 Å². The maximum Gasteiger partial charge on any atom is 0.151 e. The normalized spacial score (nSPS) is 15.3. The van der Waals surface area contributed by atoms with Crippen molar-refractivity contribution in [3.8, 4) is 0 Å². The summed E-state index contributed by atoms with van der Waals surface area (Å²) in [5.74, 6) is 0.00599. The van der Waals surface area contributed by atoms with Crippen molar-refractivity contribution in [1.29, 1.82) is 0 Å². The van der Waals surface area contributed by atoms with E-state index in [4.69, 9.17) is 0 Å². The molecule has 3 nitrogen and oxygen atoms in total. The highest BCUT2D eigenvalue weighted by molar-refractivity contribution is 7.91. The van der Waals surface area contributed by atoms with Crippen molar-refractivity contribution in [1.82, 2.24) is 5.32 Å². The van der Waals surface area contributed by atoms with Gasteiger partial charge in [0, 0.05) is 17.8 Å². The van der Waals surface area contributed by atoms with Gasteiger partial charge in [0.25, 0.3) is 0 Å². The average molecular weight is 273 g/mol. The van der Waals surface area contributed by atoms with E-state index < -0.39 is 9.84 Å². The minimum Gasteiger partial charge on any atom is -0.307 e. The molecule has 0 fully saturated rings. The van der Waals surface area contributed by atoms with Crippen LogP contribution in [-0.4, -0.2) is 26.0 Å². The van der Waals surface area contributed by atoms with Gasteiger partial charge in [-0.15, -0.1) is 0 Å². The lowest BCUT2D eigenvalue weighted by atomic mass is 10.1. The van der Waals surface area contributed by atoms with Crippen LogP contribution in [0.5, 0.6) is 0 Å². The van der Waals surface area contributed by atoms with E-state index in [1.807, 2.05) is 13.8 Å². The van der Waals surface area contributed by atoms with Crippen LogP contribution in [0.25, 0.3) is 0 Å². The van der Waals surface area contributed by atoms with Crippen LogP contribution >= 0.6 is 0 Å². The van der Waals surface area contributed by atoms with E-state index in [2.05, 4.69) is 5.32 Å². The van der Waals surface area contributed by atoms with Gasteiger partial charge < -0.3 is 5.32 Å². The summed E-state index contributed by atoms with van der Waals surface area (Å²) in [7, 11) is -2.98. The second kappa shape index (κ2) is 6.29. The lowest BCUT2D eigenvalue weighted by Crippen LogP contribution is -2.35. The Morgan fingerprint density at radius 3 is 2.28 bits per heavy atom. The Hall–Kier alpha value is -0.940. The maximum atomic E-state index is 12.8. The molecule has 0 spiro atoms. The van der Waals surface area contributed by atoms with Gasteiger partial charge in [-0.25, -0.2) is 12.8 Å². The number of hydrogen-bond acceptors (Lipinski definition) is 3. The summed E-state index contributed by atoms with van der Waals surface area (Å²) in [6.07, 6.45) is 0. The summed E-state index contributed by atoms with van der Waals surface area (Å²) in [5.41, 5.74) is 0.942. The van der Waals surface area contributed by atoms with Gasteiger partial charge in [0.1, 0.15) is 5.82 Å². The van der Waals surface area contributed by atoms with Crippen LogP contribution in [0.4, 0.5) is 4.39 Å². The summed E-state index contributed by atoms with van der Waals surface area (Å²) in [6.45, 7) is 5.42. The van der Waals surface area contributed by atoms with E-state index in [1.54, 1.807) is 19.1 Å². The Kier molecular flexibility index (Phi) is 5.28. The molecular formula is C13H20FNO2S. The number of hydrogen-bond donors (Lipinski definition) is 1. The monoisotopic (exact) mass is 273 g/mol. The molecule has 0 aliphatic rings. The largest absolute Gasteiger partial charge is 0.307 e. The zero-order valence-corrected chi connectivity index (χ0v) is 11.8. The van der Waals surface area contributed by atoms with Crippen molar-refractivity contribution in [3.63, 3.8) is 0 Å². The topological polar surface area (TPSA) is 46.2 Å². The van der Waals surface area contributed by atoms with E-state index >= 15 is 0 Å². The molecule has 0 amide bonds. The molecule has 0 bridgehead atoms. The molecule has 0 aromatic heterocycles. The van der Waals surface area contributed by atoms with Crippen LogP contribution in [0, 0.1) is 5.82 Å². The predicted molar refractivity (Wildman–Crippen MR) is 71.7 cm³/mol. The fourth-order valence-electron chi connectivity index (χ4n) is 1.82. The van der Waals surface area contributed by atoms with Crippen LogP contribution in [0.3, 0.4) is 0 Å². The highest BCUT2D eigenvalue weighted by atomic mass is 32.2. The third-order valence-electron chi connectivity index (χ3n) is 2.85.